The fourth-order valence-electron chi connectivity index (χ4n) is 6.02. The fraction of sp³-hybridized carbons (Fsp3) is 0.382. The second kappa shape index (κ2) is 12.0. The summed E-state index contributed by atoms with van der Waals surface area (Å²) in [5.41, 5.74) is 6.69. The molecule has 0 fully saturated rings. The summed E-state index contributed by atoms with van der Waals surface area (Å²) < 4.78 is 35.2. The van der Waals surface area contributed by atoms with E-state index in [0.717, 1.165) is 33.9 Å². The van der Waals surface area contributed by atoms with Crippen molar-refractivity contribution >= 4 is 29.0 Å². The quantitative estimate of drug-likeness (QED) is 0.155. The first-order valence-electron chi connectivity index (χ1n) is 14.9. The van der Waals surface area contributed by atoms with Crippen LogP contribution in [0.25, 0.3) is 10.9 Å². The number of rotatable bonds is 10. The van der Waals surface area contributed by atoms with E-state index in [1.54, 1.807) is 30.5 Å². The maximum atomic E-state index is 13.8. The Kier molecular flexibility index (Phi) is 8.72. The monoisotopic (exact) mass is 615 g/mol. The standard InChI is InChI=1S/C34H41N3O4SSi/c1-7-26-18-24(3)33-30(14-15-37(33)42(39,40)28-11-8-23(2)9-12-28)32(26)34(38)36-21-27-19-25(20-35)10-13-29(27)31(36)22-41-16-17-43(4,5)6/h8-15,18-19,31,34,38H,7,16-17,21-22H2,1-6H3. The maximum Gasteiger partial charge on any atom is 0.268 e. The molecule has 0 radical (unpaired) electrons. The Labute approximate surface area is 256 Å². The Hall–Kier alpha value is -3.26. The summed E-state index contributed by atoms with van der Waals surface area (Å²) in [7, 11) is -5.13. The number of nitrogens with zero attached hydrogens (tertiary/aromatic N) is 3. The Balaban J connectivity index is 1.58. The van der Waals surface area contributed by atoms with Crippen molar-refractivity contribution < 1.29 is 18.3 Å². The molecule has 1 N–H and O–H groups in total. The molecule has 0 aliphatic carbocycles. The van der Waals surface area contributed by atoms with Crippen molar-refractivity contribution in [2.24, 2.45) is 0 Å². The lowest BCUT2D eigenvalue weighted by atomic mass is 9.95. The molecule has 1 aliphatic rings. The van der Waals surface area contributed by atoms with E-state index < -0.39 is 24.3 Å². The Morgan fingerprint density at radius 3 is 2.47 bits per heavy atom. The highest BCUT2D eigenvalue weighted by Gasteiger charge is 2.37. The van der Waals surface area contributed by atoms with Gasteiger partial charge in [-0.05, 0) is 78.9 Å². The smallest absolute Gasteiger partial charge is 0.268 e. The molecule has 0 spiro atoms. The summed E-state index contributed by atoms with van der Waals surface area (Å²) in [4.78, 5) is 2.24. The summed E-state index contributed by atoms with van der Waals surface area (Å²) in [5, 5.41) is 22.4. The van der Waals surface area contributed by atoms with Crippen LogP contribution in [0.2, 0.25) is 25.7 Å². The average Bonchev–Trinajstić information content (AvgIpc) is 3.57. The number of hydrogen-bond acceptors (Lipinski definition) is 6. The van der Waals surface area contributed by atoms with Gasteiger partial charge in [0.15, 0.2) is 0 Å². The molecule has 3 aromatic carbocycles. The first-order valence-corrected chi connectivity index (χ1v) is 20.0. The second-order valence-corrected chi connectivity index (χ2v) is 20.2. The van der Waals surface area contributed by atoms with Crippen LogP contribution >= 0.6 is 0 Å². The van der Waals surface area contributed by atoms with Crippen LogP contribution in [-0.4, -0.2) is 43.7 Å². The third-order valence-electron chi connectivity index (χ3n) is 8.44. The summed E-state index contributed by atoms with van der Waals surface area (Å²) in [5.74, 6) is 0. The maximum absolute atomic E-state index is 13.8. The molecule has 1 aromatic heterocycles. The third-order valence-corrected chi connectivity index (χ3v) is 11.8. The minimum atomic E-state index is -3.86. The van der Waals surface area contributed by atoms with Crippen molar-refractivity contribution in [3.05, 3.63) is 99.7 Å². The summed E-state index contributed by atoms with van der Waals surface area (Å²) in [6, 6.07) is 19.4. The highest BCUT2D eigenvalue weighted by Crippen LogP contribution is 2.43. The minimum absolute atomic E-state index is 0.209. The van der Waals surface area contributed by atoms with Crippen LogP contribution in [0.15, 0.2) is 65.7 Å². The number of fused-ring (bicyclic) bond motifs is 2. The van der Waals surface area contributed by atoms with Crippen molar-refractivity contribution in [1.29, 1.82) is 5.26 Å². The molecule has 7 nitrogen and oxygen atoms in total. The van der Waals surface area contributed by atoms with Crippen molar-refractivity contribution in [1.82, 2.24) is 8.87 Å². The van der Waals surface area contributed by atoms with Crippen LogP contribution in [-0.2, 0) is 27.7 Å². The van der Waals surface area contributed by atoms with E-state index in [9.17, 15) is 18.8 Å². The van der Waals surface area contributed by atoms with Gasteiger partial charge in [0.25, 0.3) is 10.0 Å². The third kappa shape index (κ3) is 6.08. The van der Waals surface area contributed by atoms with Crippen LogP contribution in [0.1, 0.15) is 58.1 Å². The molecule has 2 atom stereocenters. The van der Waals surface area contributed by atoms with Gasteiger partial charge in [-0.3, -0.25) is 4.90 Å². The van der Waals surface area contributed by atoms with Crippen LogP contribution < -0.4 is 0 Å². The van der Waals surface area contributed by atoms with Crippen LogP contribution in [0.4, 0.5) is 0 Å². The zero-order chi connectivity index (χ0) is 31.1. The number of aliphatic hydroxyl groups is 1. The first-order chi connectivity index (χ1) is 20.4. The van der Waals surface area contributed by atoms with Crippen molar-refractivity contribution in [2.75, 3.05) is 13.2 Å². The lowest BCUT2D eigenvalue weighted by Gasteiger charge is -2.32. The Morgan fingerprint density at radius 1 is 1.09 bits per heavy atom. The molecule has 0 saturated heterocycles. The number of aliphatic hydroxyl groups excluding tert-OH is 1. The summed E-state index contributed by atoms with van der Waals surface area (Å²) >= 11 is 0. The van der Waals surface area contributed by atoms with Crippen molar-refractivity contribution in [2.45, 2.75) is 76.6 Å². The molecule has 0 bridgehead atoms. The molecule has 5 rings (SSSR count). The number of nitriles is 1. The van der Waals surface area contributed by atoms with Gasteiger partial charge in [0.05, 0.1) is 34.7 Å². The van der Waals surface area contributed by atoms with E-state index in [1.807, 2.05) is 56.0 Å². The summed E-state index contributed by atoms with van der Waals surface area (Å²) in [6.07, 6.45) is 1.26. The lowest BCUT2D eigenvalue weighted by Crippen LogP contribution is -2.31. The fourth-order valence-corrected chi connectivity index (χ4v) is 8.19. The predicted octanol–water partition coefficient (Wildman–Crippen LogP) is 6.83. The van der Waals surface area contributed by atoms with Crippen molar-refractivity contribution in [3.63, 3.8) is 0 Å². The molecule has 0 saturated carbocycles. The molecular weight excluding hydrogens is 575 g/mol. The molecule has 43 heavy (non-hydrogen) atoms. The average molecular weight is 616 g/mol. The number of aryl methyl sites for hydroxylation is 3. The second-order valence-electron chi connectivity index (χ2n) is 12.8. The lowest BCUT2D eigenvalue weighted by molar-refractivity contribution is -0.0479. The van der Waals surface area contributed by atoms with Gasteiger partial charge < -0.3 is 9.84 Å². The van der Waals surface area contributed by atoms with E-state index in [0.29, 0.717) is 48.2 Å². The molecule has 2 unspecified atom stereocenters. The van der Waals surface area contributed by atoms with Crippen LogP contribution in [0, 0.1) is 25.2 Å². The van der Waals surface area contributed by atoms with Gasteiger partial charge in [0.2, 0.25) is 0 Å². The van der Waals surface area contributed by atoms with E-state index in [2.05, 4.69) is 25.7 Å². The number of ether oxygens (including phenoxy) is 1. The van der Waals surface area contributed by atoms with Gasteiger partial charge in [-0.2, -0.15) is 5.26 Å². The Morgan fingerprint density at radius 2 is 1.81 bits per heavy atom. The van der Waals surface area contributed by atoms with Gasteiger partial charge in [-0.25, -0.2) is 12.4 Å². The predicted molar refractivity (Wildman–Crippen MR) is 173 cm³/mol. The van der Waals surface area contributed by atoms with E-state index in [4.69, 9.17) is 4.74 Å². The van der Waals surface area contributed by atoms with E-state index >= 15 is 0 Å². The van der Waals surface area contributed by atoms with Gasteiger partial charge >= 0.3 is 0 Å². The highest BCUT2D eigenvalue weighted by molar-refractivity contribution is 7.90. The van der Waals surface area contributed by atoms with Gasteiger partial charge in [-0.1, -0.05) is 56.4 Å². The zero-order valence-corrected chi connectivity index (χ0v) is 27.7. The number of hydrogen-bond donors (Lipinski definition) is 1. The zero-order valence-electron chi connectivity index (χ0n) is 25.9. The molecule has 0 amide bonds. The Bertz CT molecular complexity index is 1800. The molecular formula is C34H41N3O4SSi. The molecule has 4 aromatic rings. The SMILES string of the molecule is CCc1cc(C)c2c(ccn2S(=O)(=O)c2ccc(C)cc2)c1C(O)N1Cc2cc(C#N)ccc2C1COCC[Si](C)(C)C. The number of aromatic nitrogens is 1. The van der Waals surface area contributed by atoms with Crippen LogP contribution in [0.3, 0.4) is 0 Å². The van der Waals surface area contributed by atoms with Gasteiger partial charge in [0, 0.05) is 38.4 Å². The van der Waals surface area contributed by atoms with Gasteiger partial charge in [-0.15, -0.1) is 0 Å². The largest absolute Gasteiger partial charge is 0.380 e. The minimum Gasteiger partial charge on any atom is -0.380 e. The van der Waals surface area contributed by atoms with E-state index in [-0.39, 0.29) is 10.9 Å². The van der Waals surface area contributed by atoms with Gasteiger partial charge in [0.1, 0.15) is 6.23 Å². The topological polar surface area (TPSA) is 95.6 Å². The highest BCUT2D eigenvalue weighted by atomic mass is 32.2. The molecule has 9 heteroatoms. The molecule has 2 heterocycles. The summed E-state index contributed by atoms with van der Waals surface area (Å²) in [6.45, 7) is 14.4. The first kappa shape index (κ1) is 31.2. The normalized spacial score (nSPS) is 16.4. The van der Waals surface area contributed by atoms with Crippen LogP contribution in [0.5, 0.6) is 0 Å². The van der Waals surface area contributed by atoms with Crippen molar-refractivity contribution in [3.8, 4) is 6.07 Å². The van der Waals surface area contributed by atoms with E-state index in [1.165, 1.54) is 3.97 Å². The molecule has 1 aliphatic heterocycles. The molecule has 226 valence electrons. The number of benzene rings is 3.